The molecule has 102 valence electrons. The topological polar surface area (TPSA) is 41.5 Å². The molecule has 0 aliphatic carbocycles. The molecule has 0 bridgehead atoms. The maximum atomic E-state index is 9.97. The molecule has 3 heteroatoms. The first-order chi connectivity index (χ1) is 8.50. The number of hydrogen-bond acceptors (Lipinski definition) is 3. The van der Waals surface area contributed by atoms with E-state index in [4.69, 9.17) is 4.84 Å². The fourth-order valence-electron chi connectivity index (χ4n) is 1.58. The van der Waals surface area contributed by atoms with Gasteiger partial charge in [0.2, 0.25) is 0 Å². The second-order valence-electron chi connectivity index (χ2n) is 5.39. The molecule has 18 heavy (non-hydrogen) atoms. The van der Waals surface area contributed by atoms with Gasteiger partial charge in [-0.2, -0.15) is 5.48 Å². The van der Waals surface area contributed by atoms with Gasteiger partial charge < -0.3 is 9.94 Å². The summed E-state index contributed by atoms with van der Waals surface area (Å²) in [5, 5.41) is 9.97. The van der Waals surface area contributed by atoms with E-state index < -0.39 is 6.10 Å². The van der Waals surface area contributed by atoms with Gasteiger partial charge in [-0.3, -0.25) is 0 Å². The summed E-state index contributed by atoms with van der Waals surface area (Å²) in [6.07, 6.45) is -0.529. The Hall–Kier alpha value is -0.900. The van der Waals surface area contributed by atoms with Crippen LogP contribution in [0.4, 0.5) is 0 Å². The molecule has 0 fully saturated rings. The third-order valence-corrected chi connectivity index (χ3v) is 2.78. The average Bonchev–Trinajstić information content (AvgIpc) is 2.34. The van der Waals surface area contributed by atoms with Crippen LogP contribution in [-0.4, -0.2) is 18.3 Å². The van der Waals surface area contributed by atoms with Gasteiger partial charge in [-0.1, -0.05) is 52.0 Å². The van der Waals surface area contributed by atoms with Gasteiger partial charge >= 0.3 is 0 Å². The van der Waals surface area contributed by atoms with E-state index in [0.717, 1.165) is 5.56 Å². The normalized spacial score (nSPS) is 13.3. The Bertz CT molecular complexity index is 333. The summed E-state index contributed by atoms with van der Waals surface area (Å²) in [6.45, 7) is 9.55. The van der Waals surface area contributed by atoms with Crippen molar-refractivity contribution < 1.29 is 9.94 Å². The summed E-state index contributed by atoms with van der Waals surface area (Å²) in [7, 11) is 0. The molecule has 0 saturated carbocycles. The molecular weight excluding hydrogens is 226 g/mol. The Morgan fingerprint density at radius 2 is 1.61 bits per heavy atom. The molecule has 1 atom stereocenters. The predicted molar refractivity (Wildman–Crippen MR) is 74.3 cm³/mol. The number of aliphatic hydroxyl groups is 1. The number of hydroxylamine groups is 1. The van der Waals surface area contributed by atoms with E-state index >= 15 is 0 Å². The molecule has 0 aromatic heterocycles. The number of hydrogen-bond donors (Lipinski definition) is 2. The second kappa shape index (κ2) is 7.52. The van der Waals surface area contributed by atoms with Crippen LogP contribution in [-0.2, 0) is 4.84 Å². The molecular formula is C15H25NO2. The smallest absolute Gasteiger partial charge is 0.0937 e. The van der Waals surface area contributed by atoms with Crippen molar-refractivity contribution >= 4 is 0 Å². The minimum Gasteiger partial charge on any atom is -0.387 e. The average molecular weight is 251 g/mol. The van der Waals surface area contributed by atoms with E-state index in [-0.39, 0.29) is 0 Å². The van der Waals surface area contributed by atoms with Crippen molar-refractivity contribution in [3.05, 3.63) is 35.4 Å². The van der Waals surface area contributed by atoms with E-state index in [1.165, 1.54) is 5.56 Å². The predicted octanol–water partition coefficient (Wildman–Crippen LogP) is 3.02. The SMILES string of the molecule is CC(C)CONCC(O)c1ccc(C(C)C)cc1. The monoisotopic (exact) mass is 251 g/mol. The lowest BCUT2D eigenvalue weighted by molar-refractivity contribution is 0.000337. The van der Waals surface area contributed by atoms with Gasteiger partial charge in [0, 0.05) is 0 Å². The molecule has 0 aliphatic heterocycles. The van der Waals surface area contributed by atoms with Crippen LogP contribution < -0.4 is 5.48 Å². The summed E-state index contributed by atoms with van der Waals surface area (Å²) in [5.74, 6) is 1.00. The Morgan fingerprint density at radius 3 is 2.11 bits per heavy atom. The van der Waals surface area contributed by atoms with Crippen molar-refractivity contribution in [2.75, 3.05) is 13.2 Å². The summed E-state index contributed by atoms with van der Waals surface area (Å²) >= 11 is 0. The standard InChI is InChI=1S/C15H25NO2/c1-11(2)10-18-16-9-15(17)14-7-5-13(6-8-14)12(3)4/h5-8,11-12,15-17H,9-10H2,1-4H3. The first-order valence-electron chi connectivity index (χ1n) is 6.63. The second-order valence-corrected chi connectivity index (χ2v) is 5.39. The quantitative estimate of drug-likeness (QED) is 0.578. The zero-order valence-corrected chi connectivity index (χ0v) is 11.8. The van der Waals surface area contributed by atoms with Gasteiger partial charge in [0.25, 0.3) is 0 Å². The highest BCUT2D eigenvalue weighted by Crippen LogP contribution is 2.18. The number of rotatable bonds is 7. The molecule has 1 aromatic rings. The van der Waals surface area contributed by atoms with E-state index in [1.54, 1.807) is 0 Å². The van der Waals surface area contributed by atoms with Crippen LogP contribution in [0.5, 0.6) is 0 Å². The highest BCUT2D eigenvalue weighted by molar-refractivity contribution is 5.26. The van der Waals surface area contributed by atoms with Gasteiger partial charge in [0.1, 0.15) is 0 Å². The zero-order valence-electron chi connectivity index (χ0n) is 11.8. The Balaban J connectivity index is 2.39. The van der Waals surface area contributed by atoms with Crippen LogP contribution in [0.1, 0.15) is 50.8 Å². The molecule has 1 aromatic carbocycles. The van der Waals surface area contributed by atoms with Crippen LogP contribution in [0, 0.1) is 5.92 Å². The summed E-state index contributed by atoms with van der Waals surface area (Å²) in [6, 6.07) is 8.09. The number of aliphatic hydroxyl groups excluding tert-OH is 1. The van der Waals surface area contributed by atoms with Crippen LogP contribution in [0.3, 0.4) is 0 Å². The maximum absolute atomic E-state index is 9.97. The van der Waals surface area contributed by atoms with E-state index in [2.05, 4.69) is 45.3 Å². The first-order valence-corrected chi connectivity index (χ1v) is 6.63. The van der Waals surface area contributed by atoms with Crippen molar-refractivity contribution in [1.82, 2.24) is 5.48 Å². The summed E-state index contributed by atoms with van der Waals surface area (Å²) < 4.78 is 0. The lowest BCUT2D eigenvalue weighted by atomic mass is 10.00. The van der Waals surface area contributed by atoms with Gasteiger partial charge in [-0.05, 0) is 23.0 Å². The fourth-order valence-corrected chi connectivity index (χ4v) is 1.58. The van der Waals surface area contributed by atoms with Gasteiger partial charge in [-0.15, -0.1) is 0 Å². The van der Waals surface area contributed by atoms with Gasteiger partial charge in [-0.25, -0.2) is 0 Å². The number of benzene rings is 1. The lowest BCUT2D eigenvalue weighted by Crippen LogP contribution is -2.23. The van der Waals surface area contributed by atoms with Crippen LogP contribution in [0.25, 0.3) is 0 Å². The van der Waals surface area contributed by atoms with Crippen molar-refractivity contribution in [3.63, 3.8) is 0 Å². The van der Waals surface area contributed by atoms with E-state index in [1.807, 2.05) is 12.1 Å². The minimum absolute atomic E-state index is 0.410. The molecule has 0 heterocycles. The maximum Gasteiger partial charge on any atom is 0.0937 e. The summed E-state index contributed by atoms with van der Waals surface area (Å²) in [4.78, 5) is 5.24. The third-order valence-electron chi connectivity index (χ3n) is 2.78. The summed E-state index contributed by atoms with van der Waals surface area (Å²) in [5.41, 5.74) is 5.01. The molecule has 0 aliphatic rings. The van der Waals surface area contributed by atoms with Crippen molar-refractivity contribution in [2.24, 2.45) is 5.92 Å². The van der Waals surface area contributed by atoms with Crippen molar-refractivity contribution in [3.8, 4) is 0 Å². The first kappa shape index (κ1) is 15.2. The van der Waals surface area contributed by atoms with E-state index in [0.29, 0.717) is 25.0 Å². The third kappa shape index (κ3) is 5.17. The molecule has 2 N–H and O–H groups in total. The van der Waals surface area contributed by atoms with E-state index in [9.17, 15) is 5.11 Å². The minimum atomic E-state index is -0.529. The highest BCUT2D eigenvalue weighted by Gasteiger charge is 2.08. The van der Waals surface area contributed by atoms with Crippen LogP contribution >= 0.6 is 0 Å². The highest BCUT2D eigenvalue weighted by atomic mass is 16.6. The Labute approximate surface area is 110 Å². The van der Waals surface area contributed by atoms with Crippen LogP contribution in [0.2, 0.25) is 0 Å². The largest absolute Gasteiger partial charge is 0.387 e. The van der Waals surface area contributed by atoms with Crippen LogP contribution in [0.15, 0.2) is 24.3 Å². The molecule has 0 radical (unpaired) electrons. The van der Waals surface area contributed by atoms with Crippen molar-refractivity contribution in [2.45, 2.75) is 39.7 Å². The van der Waals surface area contributed by atoms with Crippen molar-refractivity contribution in [1.29, 1.82) is 0 Å². The lowest BCUT2D eigenvalue weighted by Gasteiger charge is -2.14. The Morgan fingerprint density at radius 1 is 1.06 bits per heavy atom. The zero-order chi connectivity index (χ0) is 13.5. The van der Waals surface area contributed by atoms with Gasteiger partial charge in [0.05, 0.1) is 19.3 Å². The Kier molecular flexibility index (Phi) is 6.33. The fraction of sp³-hybridized carbons (Fsp3) is 0.600. The number of nitrogens with one attached hydrogen (secondary N) is 1. The molecule has 0 spiro atoms. The van der Waals surface area contributed by atoms with Gasteiger partial charge in [0.15, 0.2) is 0 Å². The molecule has 0 saturated heterocycles. The molecule has 3 nitrogen and oxygen atoms in total. The molecule has 1 unspecified atom stereocenters. The molecule has 0 amide bonds. The molecule has 1 rings (SSSR count).